The zero-order valence-corrected chi connectivity index (χ0v) is 30.0. The lowest BCUT2D eigenvalue weighted by Gasteiger charge is -2.40. The molecule has 0 spiro atoms. The van der Waals surface area contributed by atoms with Gasteiger partial charge in [0.15, 0.2) is 5.60 Å². The summed E-state index contributed by atoms with van der Waals surface area (Å²) < 4.78 is 17.1. The van der Waals surface area contributed by atoms with Gasteiger partial charge in [-0.25, -0.2) is 4.79 Å². The zero-order chi connectivity index (χ0) is 35.5. The van der Waals surface area contributed by atoms with Crippen LogP contribution in [0, 0.1) is 11.8 Å². The van der Waals surface area contributed by atoms with Crippen LogP contribution in [-0.4, -0.2) is 79.3 Å². The highest BCUT2D eigenvalue weighted by Gasteiger charge is 2.45. The standard InChI is InChI=1S/C38H52N4O7.H2/c1-8-30(25-13-10-9-11-14-25)39-33(43)26-21-27(24-40(23-26)36(46)49-37(2,3)4)34(44)42(28-15-16-28)29-17-18-32-31(22-29)41(19-12-20-47-7)35(45)38(5,6)48-32;/h9-11,13-14,17-18,22,26-28,30H,8,12,15-16,19-21,23-24H2,1-7H3,(H,39,43);1H/t26-,27+,30+;/m0./s1. The summed E-state index contributed by atoms with van der Waals surface area (Å²) in [7, 11) is 1.63. The van der Waals surface area contributed by atoms with Crippen molar-refractivity contribution < 1.29 is 34.8 Å². The van der Waals surface area contributed by atoms with Gasteiger partial charge in [0.2, 0.25) is 11.8 Å². The van der Waals surface area contributed by atoms with E-state index >= 15 is 0 Å². The van der Waals surface area contributed by atoms with Gasteiger partial charge in [-0.3, -0.25) is 14.4 Å². The number of methoxy groups -OCH3 is 1. The highest BCUT2D eigenvalue weighted by atomic mass is 16.6. The molecule has 5 rings (SSSR count). The fourth-order valence-corrected chi connectivity index (χ4v) is 6.68. The van der Waals surface area contributed by atoms with Gasteiger partial charge in [0.1, 0.15) is 11.4 Å². The van der Waals surface area contributed by atoms with E-state index in [9.17, 15) is 19.2 Å². The van der Waals surface area contributed by atoms with Crippen molar-refractivity contribution in [3.8, 4) is 5.75 Å². The average Bonchev–Trinajstić information content (AvgIpc) is 3.90. The minimum atomic E-state index is -1.03. The summed E-state index contributed by atoms with van der Waals surface area (Å²) in [4.78, 5) is 60.4. The van der Waals surface area contributed by atoms with Gasteiger partial charge in [-0.05, 0) is 90.5 Å². The highest BCUT2D eigenvalue weighted by molar-refractivity contribution is 6.04. The molecule has 1 N–H and O–H groups in total. The van der Waals surface area contributed by atoms with Crippen LogP contribution in [0.4, 0.5) is 16.2 Å². The van der Waals surface area contributed by atoms with Crippen LogP contribution < -0.4 is 19.9 Å². The molecule has 0 radical (unpaired) electrons. The van der Waals surface area contributed by atoms with E-state index in [4.69, 9.17) is 14.2 Å². The van der Waals surface area contributed by atoms with Crippen LogP contribution in [0.3, 0.4) is 0 Å². The molecule has 4 amide bonds. The maximum atomic E-state index is 14.6. The number of benzene rings is 2. The molecule has 1 saturated heterocycles. The van der Waals surface area contributed by atoms with Crippen molar-refractivity contribution in [1.82, 2.24) is 10.2 Å². The molecule has 1 aliphatic carbocycles. The van der Waals surface area contributed by atoms with Crippen molar-refractivity contribution in [1.29, 1.82) is 0 Å². The van der Waals surface area contributed by atoms with E-state index in [1.165, 1.54) is 4.90 Å². The third-order valence-electron chi connectivity index (χ3n) is 9.27. The van der Waals surface area contributed by atoms with Crippen molar-refractivity contribution >= 4 is 35.2 Å². The molecule has 11 nitrogen and oxygen atoms in total. The predicted molar refractivity (Wildman–Crippen MR) is 190 cm³/mol. The van der Waals surface area contributed by atoms with Gasteiger partial charge in [-0.2, -0.15) is 0 Å². The van der Waals surface area contributed by atoms with Gasteiger partial charge in [0.25, 0.3) is 5.91 Å². The quantitative estimate of drug-likeness (QED) is 0.285. The summed E-state index contributed by atoms with van der Waals surface area (Å²) in [5.41, 5.74) is 0.496. The molecule has 49 heavy (non-hydrogen) atoms. The number of likely N-dealkylation sites (tertiary alicyclic amines) is 1. The number of carbonyl (C=O) groups is 4. The van der Waals surface area contributed by atoms with Crippen LogP contribution in [-0.2, 0) is 23.9 Å². The number of fused-ring (bicyclic) bond motifs is 1. The second-order valence-electron chi connectivity index (χ2n) is 14.9. The molecule has 11 heteroatoms. The number of piperidine rings is 1. The minimum Gasteiger partial charge on any atom is -0.476 e. The summed E-state index contributed by atoms with van der Waals surface area (Å²) in [6, 6.07) is 15.1. The smallest absolute Gasteiger partial charge is 0.410 e. The molecule has 2 heterocycles. The molecule has 0 bridgehead atoms. The van der Waals surface area contributed by atoms with Crippen LogP contribution in [0.2, 0.25) is 0 Å². The molecule has 268 valence electrons. The molecule has 0 aromatic heterocycles. The van der Waals surface area contributed by atoms with E-state index in [0.29, 0.717) is 49.5 Å². The SMILES string of the molecule is CC[C@@H](NC(=O)[C@H]1C[C@@H](C(=O)N(c2ccc3c(c2)N(CCCOC)C(=O)C(C)(C)O3)C2CC2)CN(C(=O)OC(C)(C)C)C1)c1ccccc1.[HH]. The number of nitrogens with zero attached hydrogens (tertiary/aromatic N) is 3. The molecule has 2 aliphatic heterocycles. The van der Waals surface area contributed by atoms with Crippen molar-refractivity contribution in [3.05, 3.63) is 54.1 Å². The molecular weight excluding hydrogens is 624 g/mol. The van der Waals surface area contributed by atoms with Crippen LogP contribution in [0.1, 0.15) is 86.7 Å². The van der Waals surface area contributed by atoms with Crippen molar-refractivity contribution in [3.63, 3.8) is 0 Å². The molecular formula is C38H54N4O7. The first-order valence-corrected chi connectivity index (χ1v) is 17.5. The molecule has 2 fully saturated rings. The summed E-state index contributed by atoms with van der Waals surface area (Å²) in [5, 5.41) is 3.18. The van der Waals surface area contributed by atoms with Crippen LogP contribution in [0.25, 0.3) is 0 Å². The second kappa shape index (κ2) is 14.8. The Bertz CT molecular complexity index is 1520. The Labute approximate surface area is 291 Å². The summed E-state index contributed by atoms with van der Waals surface area (Å²) in [5.74, 6) is -1.19. The van der Waals surface area contributed by atoms with Gasteiger partial charge < -0.3 is 34.2 Å². The summed E-state index contributed by atoms with van der Waals surface area (Å²) in [6.45, 7) is 12.2. The maximum absolute atomic E-state index is 14.6. The van der Waals surface area contributed by atoms with E-state index in [-0.39, 0.29) is 44.3 Å². The van der Waals surface area contributed by atoms with Crippen LogP contribution >= 0.6 is 0 Å². The summed E-state index contributed by atoms with van der Waals surface area (Å²) >= 11 is 0. The van der Waals surface area contributed by atoms with Crippen LogP contribution in [0.15, 0.2) is 48.5 Å². The Morgan fingerprint density at radius 3 is 2.41 bits per heavy atom. The van der Waals surface area contributed by atoms with E-state index in [2.05, 4.69) is 5.32 Å². The number of anilines is 2. The number of hydrogen-bond donors (Lipinski definition) is 1. The molecule has 2 aromatic rings. The maximum Gasteiger partial charge on any atom is 0.410 e. The fraction of sp³-hybridized carbons (Fsp3) is 0.579. The molecule has 1 saturated carbocycles. The van der Waals surface area contributed by atoms with Crippen molar-refractivity contribution in [2.45, 2.75) is 96.9 Å². The second-order valence-corrected chi connectivity index (χ2v) is 14.9. The number of rotatable bonds is 11. The lowest BCUT2D eigenvalue weighted by atomic mass is 9.87. The largest absolute Gasteiger partial charge is 0.476 e. The Hall–Kier alpha value is -4.12. The third kappa shape index (κ3) is 8.55. The molecule has 3 aliphatic rings. The van der Waals surface area contributed by atoms with Crippen molar-refractivity contribution in [2.75, 3.05) is 43.2 Å². The van der Waals surface area contributed by atoms with Gasteiger partial charge in [0, 0.05) is 46.5 Å². The van der Waals surface area contributed by atoms with Gasteiger partial charge in [0.05, 0.1) is 23.6 Å². The predicted octanol–water partition coefficient (Wildman–Crippen LogP) is 6.11. The number of hydrogen-bond acceptors (Lipinski definition) is 7. The minimum absolute atomic E-state index is 0. The Morgan fingerprint density at radius 2 is 1.78 bits per heavy atom. The van der Waals surface area contributed by atoms with Crippen molar-refractivity contribution in [2.24, 2.45) is 11.8 Å². The first-order chi connectivity index (χ1) is 23.2. The Kier molecular flexibility index (Phi) is 10.9. The first-order valence-electron chi connectivity index (χ1n) is 17.5. The Morgan fingerprint density at radius 1 is 1.08 bits per heavy atom. The lowest BCUT2D eigenvalue weighted by molar-refractivity contribution is -0.133. The van der Waals surface area contributed by atoms with E-state index in [1.807, 2.05) is 55.5 Å². The number of nitrogens with one attached hydrogen (secondary N) is 1. The third-order valence-corrected chi connectivity index (χ3v) is 9.27. The molecule has 2 aromatic carbocycles. The van der Waals surface area contributed by atoms with Crippen LogP contribution in [0.5, 0.6) is 5.75 Å². The molecule has 0 unspecified atom stereocenters. The van der Waals surface area contributed by atoms with E-state index < -0.39 is 29.1 Å². The summed E-state index contributed by atoms with van der Waals surface area (Å²) in [6.07, 6.45) is 2.76. The highest BCUT2D eigenvalue weighted by Crippen LogP contribution is 2.43. The average molecular weight is 679 g/mol. The van der Waals surface area contributed by atoms with Gasteiger partial charge >= 0.3 is 6.09 Å². The molecule has 3 atom stereocenters. The normalized spacial score (nSPS) is 20.9. The van der Waals surface area contributed by atoms with E-state index in [1.54, 1.807) is 51.5 Å². The van der Waals surface area contributed by atoms with Gasteiger partial charge in [-0.15, -0.1) is 0 Å². The number of ether oxygens (including phenoxy) is 3. The fourth-order valence-electron chi connectivity index (χ4n) is 6.68. The monoisotopic (exact) mass is 678 g/mol. The number of amides is 4. The Balaban J connectivity index is 0.00000562. The lowest BCUT2D eigenvalue weighted by Crippen LogP contribution is -2.54. The number of carbonyl (C=O) groups excluding carboxylic acids is 4. The first kappa shape index (κ1) is 36.2. The zero-order valence-electron chi connectivity index (χ0n) is 30.0. The van der Waals surface area contributed by atoms with Gasteiger partial charge in [-0.1, -0.05) is 37.3 Å². The van der Waals surface area contributed by atoms with E-state index in [0.717, 1.165) is 18.4 Å². The topological polar surface area (TPSA) is 118 Å².